The summed E-state index contributed by atoms with van der Waals surface area (Å²) in [6.07, 6.45) is 0. The third kappa shape index (κ3) is 2.86. The minimum absolute atomic E-state index is 0.304. The van der Waals surface area contributed by atoms with Crippen molar-refractivity contribution in [2.75, 3.05) is 12.8 Å². The van der Waals surface area contributed by atoms with Crippen LogP contribution in [0.4, 0.5) is 10.1 Å². The number of hydrogen-bond donors (Lipinski definition) is 1. The largest absolute Gasteiger partial charge is 0.465 e. The fourth-order valence-corrected chi connectivity index (χ4v) is 2.33. The topological polar surface area (TPSA) is 52.3 Å². The molecule has 0 unspecified atom stereocenters. The second kappa shape index (κ2) is 5.56. The van der Waals surface area contributed by atoms with Crippen molar-refractivity contribution in [2.24, 2.45) is 0 Å². The van der Waals surface area contributed by atoms with Gasteiger partial charge >= 0.3 is 5.97 Å². The van der Waals surface area contributed by atoms with E-state index in [-0.39, 0.29) is 5.82 Å². The van der Waals surface area contributed by atoms with Crippen LogP contribution in [0.1, 0.15) is 10.4 Å². The molecule has 0 atom stereocenters. The lowest BCUT2D eigenvalue weighted by molar-refractivity contribution is 0.0602. The second-order valence-electron chi connectivity index (χ2n) is 3.92. The van der Waals surface area contributed by atoms with Crippen molar-refractivity contribution in [3.8, 4) is 11.1 Å². The molecular formula is C14H11FINO2. The summed E-state index contributed by atoms with van der Waals surface area (Å²) in [7, 11) is 1.30. The van der Waals surface area contributed by atoms with Crippen molar-refractivity contribution in [3.63, 3.8) is 0 Å². The number of carbonyl (C=O) groups is 1. The monoisotopic (exact) mass is 371 g/mol. The highest BCUT2D eigenvalue weighted by atomic mass is 127. The molecule has 0 bridgehead atoms. The first-order chi connectivity index (χ1) is 9.02. The summed E-state index contributed by atoms with van der Waals surface area (Å²) in [5, 5.41) is 0. The number of anilines is 1. The van der Waals surface area contributed by atoms with Gasteiger partial charge in [-0.1, -0.05) is 12.1 Å². The lowest BCUT2D eigenvalue weighted by Gasteiger charge is -2.10. The van der Waals surface area contributed by atoms with Gasteiger partial charge in [-0.2, -0.15) is 0 Å². The summed E-state index contributed by atoms with van der Waals surface area (Å²) in [6.45, 7) is 0. The van der Waals surface area contributed by atoms with E-state index in [1.54, 1.807) is 18.2 Å². The van der Waals surface area contributed by atoms with E-state index in [0.717, 1.165) is 14.7 Å². The van der Waals surface area contributed by atoms with E-state index < -0.39 is 5.97 Å². The highest BCUT2D eigenvalue weighted by molar-refractivity contribution is 14.1. The van der Waals surface area contributed by atoms with Crippen molar-refractivity contribution in [3.05, 3.63) is 51.3 Å². The first-order valence-corrected chi connectivity index (χ1v) is 6.54. The van der Waals surface area contributed by atoms with E-state index in [0.29, 0.717) is 11.3 Å². The summed E-state index contributed by atoms with van der Waals surface area (Å²) in [5.41, 5.74) is 8.16. The molecular weight excluding hydrogens is 360 g/mol. The van der Waals surface area contributed by atoms with Crippen molar-refractivity contribution in [2.45, 2.75) is 0 Å². The van der Waals surface area contributed by atoms with E-state index in [2.05, 4.69) is 22.6 Å². The quantitative estimate of drug-likeness (QED) is 0.500. The molecule has 0 saturated heterocycles. The molecule has 0 aliphatic rings. The standard InChI is InChI=1S/C14H11FINO2/c1-19-14(18)11-6-9(7-12(16)13(11)17)8-2-4-10(15)5-3-8/h2-7H,17H2,1H3. The Labute approximate surface area is 123 Å². The Morgan fingerprint density at radius 1 is 1.21 bits per heavy atom. The van der Waals surface area contributed by atoms with E-state index in [1.165, 1.54) is 19.2 Å². The molecule has 0 saturated carbocycles. The Kier molecular flexibility index (Phi) is 4.04. The number of ether oxygens (including phenoxy) is 1. The van der Waals surface area contributed by atoms with Gasteiger partial charge in [0.2, 0.25) is 0 Å². The van der Waals surface area contributed by atoms with Crippen LogP contribution in [0.15, 0.2) is 36.4 Å². The van der Waals surface area contributed by atoms with Gasteiger partial charge in [-0.3, -0.25) is 0 Å². The number of esters is 1. The Bertz CT molecular complexity index is 626. The first kappa shape index (κ1) is 13.8. The van der Waals surface area contributed by atoms with Gasteiger partial charge in [0.05, 0.1) is 18.4 Å². The van der Waals surface area contributed by atoms with Crippen molar-refractivity contribution in [1.29, 1.82) is 0 Å². The highest BCUT2D eigenvalue weighted by Gasteiger charge is 2.14. The van der Waals surface area contributed by atoms with Crippen LogP contribution >= 0.6 is 22.6 Å². The summed E-state index contributed by atoms with van der Waals surface area (Å²) in [4.78, 5) is 11.7. The van der Waals surface area contributed by atoms with E-state index >= 15 is 0 Å². The van der Waals surface area contributed by atoms with Gasteiger partial charge in [0, 0.05) is 3.57 Å². The molecule has 19 heavy (non-hydrogen) atoms. The molecule has 0 fully saturated rings. The van der Waals surface area contributed by atoms with Gasteiger partial charge in [-0.05, 0) is 58.0 Å². The first-order valence-electron chi connectivity index (χ1n) is 5.46. The zero-order chi connectivity index (χ0) is 14.0. The molecule has 0 aliphatic heterocycles. The molecule has 5 heteroatoms. The fourth-order valence-electron chi connectivity index (χ4n) is 1.71. The number of rotatable bonds is 2. The van der Waals surface area contributed by atoms with Crippen LogP contribution in [-0.4, -0.2) is 13.1 Å². The van der Waals surface area contributed by atoms with E-state index in [9.17, 15) is 9.18 Å². The summed E-state index contributed by atoms with van der Waals surface area (Å²) >= 11 is 2.05. The van der Waals surface area contributed by atoms with Crippen LogP contribution in [0.3, 0.4) is 0 Å². The SMILES string of the molecule is COC(=O)c1cc(-c2ccc(F)cc2)cc(I)c1N. The van der Waals surface area contributed by atoms with Gasteiger partial charge in [0.1, 0.15) is 5.82 Å². The third-order valence-corrected chi connectivity index (χ3v) is 3.60. The zero-order valence-electron chi connectivity index (χ0n) is 10.1. The van der Waals surface area contributed by atoms with Crippen LogP contribution in [0.2, 0.25) is 0 Å². The fraction of sp³-hybridized carbons (Fsp3) is 0.0714. The molecule has 98 valence electrons. The molecule has 0 heterocycles. The number of methoxy groups -OCH3 is 1. The lowest BCUT2D eigenvalue weighted by atomic mass is 10.0. The predicted octanol–water partition coefficient (Wildman–Crippen LogP) is 3.47. The number of benzene rings is 2. The Balaban J connectivity index is 2.56. The van der Waals surface area contributed by atoms with Crippen molar-refractivity contribution >= 4 is 34.2 Å². The smallest absolute Gasteiger partial charge is 0.340 e. The van der Waals surface area contributed by atoms with Crippen molar-refractivity contribution in [1.82, 2.24) is 0 Å². The average molecular weight is 371 g/mol. The molecule has 2 N–H and O–H groups in total. The Morgan fingerprint density at radius 2 is 1.84 bits per heavy atom. The van der Waals surface area contributed by atoms with Crippen LogP contribution in [-0.2, 0) is 4.74 Å². The molecule has 0 amide bonds. The van der Waals surface area contributed by atoms with Crippen LogP contribution in [0.5, 0.6) is 0 Å². The number of halogens is 2. The number of carbonyl (C=O) groups excluding carboxylic acids is 1. The van der Waals surface area contributed by atoms with Crippen molar-refractivity contribution < 1.29 is 13.9 Å². The molecule has 0 aliphatic carbocycles. The zero-order valence-corrected chi connectivity index (χ0v) is 12.3. The molecule has 0 aromatic heterocycles. The molecule has 2 aromatic rings. The van der Waals surface area contributed by atoms with Gasteiger partial charge in [-0.25, -0.2) is 9.18 Å². The summed E-state index contributed by atoms with van der Waals surface area (Å²) in [6, 6.07) is 9.54. The maximum atomic E-state index is 12.9. The molecule has 2 rings (SSSR count). The van der Waals surface area contributed by atoms with Crippen LogP contribution in [0, 0.1) is 9.39 Å². The molecule has 2 aromatic carbocycles. The normalized spacial score (nSPS) is 10.3. The Hall–Kier alpha value is -1.63. The Morgan fingerprint density at radius 3 is 2.42 bits per heavy atom. The highest BCUT2D eigenvalue weighted by Crippen LogP contribution is 2.29. The lowest BCUT2D eigenvalue weighted by Crippen LogP contribution is -2.07. The molecule has 3 nitrogen and oxygen atoms in total. The van der Waals surface area contributed by atoms with Gasteiger partial charge in [0.15, 0.2) is 0 Å². The van der Waals surface area contributed by atoms with Gasteiger partial charge < -0.3 is 10.5 Å². The average Bonchev–Trinajstić information content (AvgIpc) is 2.41. The molecule has 0 spiro atoms. The van der Waals surface area contributed by atoms with Gasteiger partial charge in [0.25, 0.3) is 0 Å². The number of nitrogen functional groups attached to an aromatic ring is 1. The summed E-state index contributed by atoms with van der Waals surface area (Å²) < 4.78 is 18.4. The van der Waals surface area contributed by atoms with E-state index in [1.807, 2.05) is 6.07 Å². The maximum absolute atomic E-state index is 12.9. The third-order valence-electron chi connectivity index (χ3n) is 2.71. The maximum Gasteiger partial charge on any atom is 0.340 e. The molecule has 0 radical (unpaired) electrons. The minimum atomic E-state index is -0.487. The van der Waals surface area contributed by atoms with Crippen LogP contribution in [0.25, 0.3) is 11.1 Å². The summed E-state index contributed by atoms with van der Waals surface area (Å²) in [5.74, 6) is -0.790. The number of hydrogen-bond acceptors (Lipinski definition) is 3. The second-order valence-corrected chi connectivity index (χ2v) is 5.08. The minimum Gasteiger partial charge on any atom is -0.465 e. The predicted molar refractivity (Wildman–Crippen MR) is 80.3 cm³/mol. The van der Waals surface area contributed by atoms with E-state index in [4.69, 9.17) is 10.5 Å². The number of nitrogens with two attached hydrogens (primary N) is 1. The van der Waals surface area contributed by atoms with Crippen LogP contribution < -0.4 is 5.73 Å². The van der Waals surface area contributed by atoms with Gasteiger partial charge in [-0.15, -0.1) is 0 Å².